The van der Waals surface area contributed by atoms with Gasteiger partial charge in [0, 0.05) is 25.7 Å². The van der Waals surface area contributed by atoms with Crippen LogP contribution in [0.4, 0.5) is 10.1 Å². The van der Waals surface area contributed by atoms with Gasteiger partial charge in [-0.1, -0.05) is 0 Å². The van der Waals surface area contributed by atoms with Crippen LogP contribution in [-0.4, -0.2) is 43.3 Å². The standard InChI is InChI=1S/C14H17FN2O2/c1-10(18)11-4-5-13(12(15)8-11)17-7-3-6-16(2)14(19)9-17/h4-5,8H,3,6-7,9H2,1-2H3. The normalized spacial score (nSPS) is 16.5. The van der Waals surface area contributed by atoms with Gasteiger partial charge in [0.1, 0.15) is 5.82 Å². The van der Waals surface area contributed by atoms with E-state index in [2.05, 4.69) is 0 Å². The minimum Gasteiger partial charge on any atom is -0.360 e. The molecule has 0 aromatic heterocycles. The van der Waals surface area contributed by atoms with E-state index >= 15 is 0 Å². The lowest BCUT2D eigenvalue weighted by Gasteiger charge is -2.22. The molecule has 1 saturated heterocycles. The van der Waals surface area contributed by atoms with E-state index < -0.39 is 5.82 Å². The second-order valence-electron chi connectivity index (χ2n) is 4.81. The van der Waals surface area contributed by atoms with Gasteiger partial charge in [-0.15, -0.1) is 0 Å². The number of amides is 1. The number of Topliss-reactive ketones (excluding diaryl/α,β-unsaturated/α-hetero) is 1. The SMILES string of the molecule is CC(=O)c1ccc(N2CCCN(C)C(=O)C2)c(F)c1. The zero-order valence-electron chi connectivity index (χ0n) is 11.1. The Labute approximate surface area is 111 Å². The molecule has 1 aromatic rings. The molecule has 0 saturated carbocycles. The topological polar surface area (TPSA) is 40.6 Å². The van der Waals surface area contributed by atoms with Crippen LogP contribution in [0.2, 0.25) is 0 Å². The number of likely N-dealkylation sites (N-methyl/N-ethyl adjacent to an activating group) is 1. The van der Waals surface area contributed by atoms with Crippen molar-refractivity contribution in [3.05, 3.63) is 29.6 Å². The second-order valence-corrected chi connectivity index (χ2v) is 4.81. The zero-order chi connectivity index (χ0) is 14.0. The third-order valence-electron chi connectivity index (χ3n) is 3.37. The van der Waals surface area contributed by atoms with Gasteiger partial charge < -0.3 is 9.80 Å². The van der Waals surface area contributed by atoms with Crippen LogP contribution in [-0.2, 0) is 4.79 Å². The van der Waals surface area contributed by atoms with E-state index in [-0.39, 0.29) is 18.2 Å². The van der Waals surface area contributed by atoms with Crippen molar-refractivity contribution >= 4 is 17.4 Å². The van der Waals surface area contributed by atoms with Gasteiger partial charge in [-0.3, -0.25) is 9.59 Å². The molecule has 1 aliphatic rings. The molecule has 0 radical (unpaired) electrons. The Morgan fingerprint density at radius 3 is 2.68 bits per heavy atom. The minimum atomic E-state index is -0.454. The number of hydrogen-bond acceptors (Lipinski definition) is 3. The summed E-state index contributed by atoms with van der Waals surface area (Å²) in [7, 11) is 1.75. The first-order valence-electron chi connectivity index (χ1n) is 6.28. The number of benzene rings is 1. The van der Waals surface area contributed by atoms with E-state index in [1.807, 2.05) is 0 Å². The quantitative estimate of drug-likeness (QED) is 0.763. The van der Waals surface area contributed by atoms with Crippen LogP contribution in [0, 0.1) is 5.82 Å². The summed E-state index contributed by atoms with van der Waals surface area (Å²) in [6.45, 7) is 2.89. The molecule has 1 fully saturated rings. The van der Waals surface area contributed by atoms with Gasteiger partial charge in [0.2, 0.25) is 5.91 Å². The van der Waals surface area contributed by atoms with Crippen LogP contribution in [0.15, 0.2) is 18.2 Å². The van der Waals surface area contributed by atoms with Crippen molar-refractivity contribution in [3.8, 4) is 0 Å². The van der Waals surface area contributed by atoms with E-state index in [0.29, 0.717) is 24.3 Å². The molecule has 4 nitrogen and oxygen atoms in total. The highest BCUT2D eigenvalue weighted by Gasteiger charge is 2.21. The van der Waals surface area contributed by atoms with E-state index in [1.54, 1.807) is 29.0 Å². The molecule has 1 amide bonds. The highest BCUT2D eigenvalue weighted by atomic mass is 19.1. The van der Waals surface area contributed by atoms with Crippen LogP contribution in [0.25, 0.3) is 0 Å². The molecule has 19 heavy (non-hydrogen) atoms. The van der Waals surface area contributed by atoms with Gasteiger partial charge in [0.05, 0.1) is 12.2 Å². The third kappa shape index (κ3) is 2.92. The first kappa shape index (κ1) is 13.5. The second kappa shape index (κ2) is 5.38. The van der Waals surface area contributed by atoms with Gasteiger partial charge in [0.15, 0.2) is 5.78 Å². The van der Waals surface area contributed by atoms with Gasteiger partial charge >= 0.3 is 0 Å². The molecule has 102 valence electrons. The maximum absolute atomic E-state index is 14.0. The first-order chi connectivity index (χ1) is 8.99. The van der Waals surface area contributed by atoms with E-state index in [9.17, 15) is 14.0 Å². The van der Waals surface area contributed by atoms with Crippen LogP contribution < -0.4 is 4.90 Å². The molecule has 2 rings (SSSR count). The highest BCUT2D eigenvalue weighted by Crippen LogP contribution is 2.22. The Morgan fingerprint density at radius 1 is 1.32 bits per heavy atom. The fraction of sp³-hybridized carbons (Fsp3) is 0.429. The first-order valence-corrected chi connectivity index (χ1v) is 6.28. The number of hydrogen-bond donors (Lipinski definition) is 0. The van der Waals surface area contributed by atoms with Crippen molar-refractivity contribution in [1.29, 1.82) is 0 Å². The lowest BCUT2D eigenvalue weighted by molar-refractivity contribution is -0.127. The maximum atomic E-state index is 14.0. The van der Waals surface area contributed by atoms with E-state index in [4.69, 9.17) is 0 Å². The number of nitrogens with zero attached hydrogens (tertiary/aromatic N) is 2. The summed E-state index contributed by atoms with van der Waals surface area (Å²) in [4.78, 5) is 26.4. The average molecular weight is 264 g/mol. The number of carbonyl (C=O) groups is 2. The molecule has 0 N–H and O–H groups in total. The van der Waals surface area contributed by atoms with E-state index in [1.165, 1.54) is 13.0 Å². The van der Waals surface area contributed by atoms with Crippen LogP contribution in [0.1, 0.15) is 23.7 Å². The van der Waals surface area contributed by atoms with Crippen molar-refractivity contribution in [1.82, 2.24) is 4.90 Å². The molecular weight excluding hydrogens is 247 g/mol. The van der Waals surface area contributed by atoms with Crippen LogP contribution in [0.3, 0.4) is 0 Å². The Morgan fingerprint density at radius 2 is 2.05 bits per heavy atom. The lowest BCUT2D eigenvalue weighted by atomic mass is 10.1. The summed E-state index contributed by atoms with van der Waals surface area (Å²) in [5.74, 6) is -0.644. The van der Waals surface area contributed by atoms with Gasteiger partial charge in [-0.05, 0) is 31.5 Å². The minimum absolute atomic E-state index is 0.0208. The molecule has 0 bridgehead atoms. The smallest absolute Gasteiger partial charge is 0.241 e. The molecule has 0 unspecified atom stereocenters. The number of ketones is 1. The third-order valence-corrected chi connectivity index (χ3v) is 3.37. The Kier molecular flexibility index (Phi) is 3.83. The highest BCUT2D eigenvalue weighted by molar-refractivity contribution is 5.94. The monoisotopic (exact) mass is 264 g/mol. The number of rotatable bonds is 2. The van der Waals surface area contributed by atoms with Crippen LogP contribution >= 0.6 is 0 Å². The molecule has 5 heteroatoms. The Balaban J connectivity index is 2.26. The van der Waals surface area contributed by atoms with Gasteiger partial charge in [-0.25, -0.2) is 4.39 Å². The Bertz CT molecular complexity index is 516. The van der Waals surface area contributed by atoms with Crippen molar-refractivity contribution in [2.75, 3.05) is 31.6 Å². The molecule has 0 aliphatic carbocycles. The predicted octanol–water partition coefficient (Wildman–Crippen LogP) is 1.70. The molecule has 0 atom stereocenters. The fourth-order valence-corrected chi connectivity index (χ4v) is 2.17. The summed E-state index contributed by atoms with van der Waals surface area (Å²) in [6.07, 6.45) is 0.802. The number of halogens is 1. The summed E-state index contributed by atoms with van der Waals surface area (Å²) < 4.78 is 14.0. The summed E-state index contributed by atoms with van der Waals surface area (Å²) in [5, 5.41) is 0. The number of anilines is 1. The van der Waals surface area contributed by atoms with Crippen molar-refractivity contribution < 1.29 is 14.0 Å². The van der Waals surface area contributed by atoms with Gasteiger partial charge in [0.25, 0.3) is 0 Å². The predicted molar refractivity (Wildman–Crippen MR) is 70.9 cm³/mol. The lowest BCUT2D eigenvalue weighted by Crippen LogP contribution is -2.34. The maximum Gasteiger partial charge on any atom is 0.241 e. The van der Waals surface area contributed by atoms with Gasteiger partial charge in [-0.2, -0.15) is 0 Å². The summed E-state index contributed by atoms with van der Waals surface area (Å²) in [5.41, 5.74) is 0.730. The van der Waals surface area contributed by atoms with Crippen LogP contribution in [0.5, 0.6) is 0 Å². The summed E-state index contributed by atoms with van der Waals surface area (Å²) in [6, 6.07) is 4.40. The molecule has 1 aromatic carbocycles. The fourth-order valence-electron chi connectivity index (χ4n) is 2.17. The number of carbonyl (C=O) groups excluding carboxylic acids is 2. The van der Waals surface area contributed by atoms with Crippen molar-refractivity contribution in [2.45, 2.75) is 13.3 Å². The van der Waals surface area contributed by atoms with Crippen molar-refractivity contribution in [3.63, 3.8) is 0 Å². The molecular formula is C14H17FN2O2. The summed E-state index contributed by atoms with van der Waals surface area (Å²) >= 11 is 0. The molecule has 1 aliphatic heterocycles. The largest absolute Gasteiger partial charge is 0.360 e. The molecule has 0 spiro atoms. The average Bonchev–Trinajstić information content (AvgIpc) is 2.52. The zero-order valence-corrected chi connectivity index (χ0v) is 11.1. The molecule has 1 heterocycles. The van der Waals surface area contributed by atoms with E-state index in [0.717, 1.165) is 6.42 Å². The Hall–Kier alpha value is -1.91. The van der Waals surface area contributed by atoms with Crippen molar-refractivity contribution in [2.24, 2.45) is 0 Å².